The van der Waals surface area contributed by atoms with E-state index >= 15 is 0 Å². The maximum atomic E-state index is 13.0. The number of aromatic nitrogens is 1. The summed E-state index contributed by atoms with van der Waals surface area (Å²) < 4.78 is 45.0. The van der Waals surface area contributed by atoms with E-state index in [1.165, 1.54) is 24.3 Å². The number of hydrogen-bond acceptors (Lipinski definition) is 4. The van der Waals surface area contributed by atoms with Crippen LogP contribution in [0.4, 0.5) is 13.2 Å². The topological polar surface area (TPSA) is 42.4 Å². The fourth-order valence-corrected chi connectivity index (χ4v) is 3.46. The largest absolute Gasteiger partial charge is 0.490 e. The van der Waals surface area contributed by atoms with Crippen molar-refractivity contribution in [1.82, 2.24) is 9.88 Å². The summed E-state index contributed by atoms with van der Waals surface area (Å²) in [5.41, 5.74) is -0.379. The van der Waals surface area contributed by atoms with Crippen LogP contribution in [-0.2, 0) is 11.0 Å². The number of benzene rings is 1. The van der Waals surface area contributed by atoms with Gasteiger partial charge in [0.2, 0.25) is 5.91 Å². The second kappa shape index (κ2) is 7.03. The van der Waals surface area contributed by atoms with Crippen molar-refractivity contribution in [2.24, 2.45) is 0 Å². The molecule has 1 aromatic carbocycles. The number of carbonyl (C=O) groups is 1. The zero-order chi connectivity index (χ0) is 18.0. The SMILES string of the molecule is CC(=O)N1CCC(Oc2ccc(C(F)(F)F)cc2-c2nccs2)CC1. The minimum absolute atomic E-state index is 0.0245. The van der Waals surface area contributed by atoms with E-state index in [-0.39, 0.29) is 12.0 Å². The lowest BCUT2D eigenvalue weighted by Crippen LogP contribution is -2.40. The van der Waals surface area contributed by atoms with Crippen LogP contribution in [0.1, 0.15) is 25.3 Å². The molecule has 0 N–H and O–H groups in total. The summed E-state index contributed by atoms with van der Waals surface area (Å²) in [6.07, 6.45) is -1.70. The van der Waals surface area contributed by atoms with Crippen LogP contribution in [0.25, 0.3) is 10.6 Å². The molecule has 0 unspecified atom stereocenters. The fourth-order valence-electron chi connectivity index (χ4n) is 2.80. The Bertz CT molecular complexity index is 739. The van der Waals surface area contributed by atoms with Crippen molar-refractivity contribution >= 4 is 17.2 Å². The highest BCUT2D eigenvalue weighted by molar-refractivity contribution is 7.13. The molecule has 0 atom stereocenters. The Labute approximate surface area is 147 Å². The van der Waals surface area contributed by atoms with Gasteiger partial charge in [0.25, 0.3) is 0 Å². The first-order valence-electron chi connectivity index (χ1n) is 7.88. The summed E-state index contributed by atoms with van der Waals surface area (Å²) in [4.78, 5) is 17.2. The minimum Gasteiger partial charge on any atom is -0.490 e. The second-order valence-electron chi connectivity index (χ2n) is 5.87. The van der Waals surface area contributed by atoms with E-state index in [0.717, 1.165) is 12.1 Å². The third kappa shape index (κ3) is 4.12. The van der Waals surface area contributed by atoms with Crippen LogP contribution >= 0.6 is 11.3 Å². The summed E-state index contributed by atoms with van der Waals surface area (Å²) in [7, 11) is 0. The van der Waals surface area contributed by atoms with Crippen LogP contribution in [0.2, 0.25) is 0 Å². The molecule has 0 spiro atoms. The molecule has 0 radical (unpaired) electrons. The number of likely N-dealkylation sites (tertiary alicyclic amines) is 1. The highest BCUT2D eigenvalue weighted by Gasteiger charge is 2.32. The van der Waals surface area contributed by atoms with Gasteiger partial charge in [0.1, 0.15) is 16.9 Å². The highest BCUT2D eigenvalue weighted by Crippen LogP contribution is 2.38. The van der Waals surface area contributed by atoms with Gasteiger partial charge in [-0.25, -0.2) is 4.98 Å². The number of piperidine rings is 1. The maximum Gasteiger partial charge on any atom is 0.416 e. The monoisotopic (exact) mass is 370 g/mol. The van der Waals surface area contributed by atoms with E-state index in [4.69, 9.17) is 4.74 Å². The quantitative estimate of drug-likeness (QED) is 0.813. The number of hydrogen-bond donors (Lipinski definition) is 0. The van der Waals surface area contributed by atoms with Crippen molar-refractivity contribution in [3.05, 3.63) is 35.3 Å². The molecule has 4 nitrogen and oxygen atoms in total. The zero-order valence-electron chi connectivity index (χ0n) is 13.5. The van der Waals surface area contributed by atoms with Crippen molar-refractivity contribution in [2.45, 2.75) is 32.0 Å². The number of halogens is 3. The van der Waals surface area contributed by atoms with E-state index in [2.05, 4.69) is 4.98 Å². The van der Waals surface area contributed by atoms with Crippen LogP contribution in [0.3, 0.4) is 0 Å². The Hall–Kier alpha value is -2.09. The van der Waals surface area contributed by atoms with E-state index < -0.39 is 11.7 Å². The lowest BCUT2D eigenvalue weighted by atomic mass is 10.1. The number of rotatable bonds is 3. The number of nitrogens with zero attached hydrogens (tertiary/aromatic N) is 2. The molecule has 1 aromatic heterocycles. The molecular weight excluding hydrogens is 353 g/mol. The van der Waals surface area contributed by atoms with E-state index in [1.807, 2.05) is 0 Å². The standard InChI is InChI=1S/C17H17F3N2O2S/c1-11(23)22-7-4-13(5-8-22)24-15-3-2-12(17(18,19)20)10-14(15)16-21-6-9-25-16/h2-3,6,9-10,13H,4-5,7-8H2,1H3. The van der Waals surface area contributed by atoms with Crippen molar-refractivity contribution in [2.75, 3.05) is 13.1 Å². The van der Waals surface area contributed by atoms with Gasteiger partial charge >= 0.3 is 6.18 Å². The maximum absolute atomic E-state index is 13.0. The smallest absolute Gasteiger partial charge is 0.416 e. The fraction of sp³-hybridized carbons (Fsp3) is 0.412. The van der Waals surface area contributed by atoms with Crippen molar-refractivity contribution in [3.8, 4) is 16.3 Å². The molecule has 1 aliphatic heterocycles. The molecule has 3 rings (SSSR count). The van der Waals surface area contributed by atoms with Crippen molar-refractivity contribution in [1.29, 1.82) is 0 Å². The van der Waals surface area contributed by atoms with Crippen LogP contribution in [0.15, 0.2) is 29.8 Å². The zero-order valence-corrected chi connectivity index (χ0v) is 14.4. The Morgan fingerprint density at radius 1 is 1.32 bits per heavy atom. The predicted octanol–water partition coefficient (Wildman–Crippen LogP) is 4.22. The Morgan fingerprint density at radius 2 is 2.04 bits per heavy atom. The summed E-state index contributed by atoms with van der Waals surface area (Å²) in [6.45, 7) is 2.71. The Balaban J connectivity index is 1.83. The van der Waals surface area contributed by atoms with Crippen LogP contribution in [0, 0.1) is 0 Å². The van der Waals surface area contributed by atoms with Crippen LogP contribution < -0.4 is 4.74 Å². The summed E-state index contributed by atoms with van der Waals surface area (Å²) >= 11 is 1.26. The first kappa shape index (κ1) is 17.7. The third-order valence-electron chi connectivity index (χ3n) is 4.15. The van der Waals surface area contributed by atoms with Gasteiger partial charge in [-0.3, -0.25) is 4.79 Å². The average molecular weight is 370 g/mol. The molecule has 0 aliphatic carbocycles. The number of amides is 1. The predicted molar refractivity (Wildman–Crippen MR) is 88.5 cm³/mol. The lowest BCUT2D eigenvalue weighted by molar-refractivity contribution is -0.137. The molecule has 1 saturated heterocycles. The third-order valence-corrected chi connectivity index (χ3v) is 4.96. The van der Waals surface area contributed by atoms with Crippen LogP contribution in [0.5, 0.6) is 5.75 Å². The van der Waals surface area contributed by atoms with E-state index in [1.54, 1.807) is 16.5 Å². The molecule has 1 amide bonds. The van der Waals surface area contributed by atoms with E-state index in [0.29, 0.717) is 42.3 Å². The first-order chi connectivity index (χ1) is 11.8. The van der Waals surface area contributed by atoms with Gasteiger partial charge in [0.05, 0.1) is 11.1 Å². The number of carbonyl (C=O) groups excluding carboxylic acids is 1. The Kier molecular flexibility index (Phi) is 4.99. The molecule has 0 saturated carbocycles. The minimum atomic E-state index is -4.42. The van der Waals surface area contributed by atoms with Gasteiger partial charge in [-0.15, -0.1) is 11.3 Å². The molecule has 25 heavy (non-hydrogen) atoms. The molecule has 0 bridgehead atoms. The molecule has 2 heterocycles. The molecular formula is C17H17F3N2O2S. The number of thiazole rings is 1. The van der Waals surface area contributed by atoms with Gasteiger partial charge in [0, 0.05) is 44.4 Å². The van der Waals surface area contributed by atoms with Gasteiger partial charge in [-0.05, 0) is 18.2 Å². The summed E-state index contributed by atoms with van der Waals surface area (Å²) in [6, 6.07) is 3.47. The molecule has 1 fully saturated rings. The number of ether oxygens (including phenoxy) is 1. The van der Waals surface area contributed by atoms with Gasteiger partial charge in [-0.2, -0.15) is 13.2 Å². The van der Waals surface area contributed by atoms with Gasteiger partial charge < -0.3 is 9.64 Å². The van der Waals surface area contributed by atoms with Crippen molar-refractivity contribution < 1.29 is 22.7 Å². The first-order valence-corrected chi connectivity index (χ1v) is 8.76. The van der Waals surface area contributed by atoms with Gasteiger partial charge in [0.15, 0.2) is 0 Å². The Morgan fingerprint density at radius 3 is 2.60 bits per heavy atom. The highest BCUT2D eigenvalue weighted by atomic mass is 32.1. The number of alkyl halides is 3. The van der Waals surface area contributed by atoms with Gasteiger partial charge in [-0.1, -0.05) is 0 Å². The summed E-state index contributed by atoms with van der Waals surface area (Å²) in [5.74, 6) is 0.417. The molecule has 8 heteroatoms. The lowest BCUT2D eigenvalue weighted by Gasteiger charge is -2.32. The molecule has 134 valence electrons. The molecule has 1 aliphatic rings. The van der Waals surface area contributed by atoms with E-state index in [9.17, 15) is 18.0 Å². The summed E-state index contributed by atoms with van der Waals surface area (Å²) in [5, 5.41) is 2.20. The average Bonchev–Trinajstić information content (AvgIpc) is 3.09. The van der Waals surface area contributed by atoms with Crippen LogP contribution in [-0.4, -0.2) is 35.0 Å². The molecule has 2 aromatic rings. The van der Waals surface area contributed by atoms with Crippen molar-refractivity contribution in [3.63, 3.8) is 0 Å². The second-order valence-corrected chi connectivity index (χ2v) is 6.76. The normalized spacial score (nSPS) is 16.1.